The molecule has 94 valence electrons. The van der Waals surface area contributed by atoms with E-state index in [2.05, 4.69) is 5.32 Å². The van der Waals surface area contributed by atoms with Crippen LogP contribution in [0.1, 0.15) is 34.1 Å². The van der Waals surface area contributed by atoms with E-state index < -0.39 is 6.17 Å². The van der Waals surface area contributed by atoms with Crippen LogP contribution in [0.25, 0.3) is 0 Å². The Balaban J connectivity index is -0.000000176. The van der Waals surface area contributed by atoms with Crippen molar-refractivity contribution in [2.45, 2.75) is 40.3 Å². The van der Waals surface area contributed by atoms with E-state index in [-0.39, 0.29) is 0 Å². The highest BCUT2D eigenvalue weighted by Gasteiger charge is 2.19. The van der Waals surface area contributed by atoms with Crippen molar-refractivity contribution < 1.29 is 9.18 Å². The molecule has 3 nitrogen and oxygen atoms in total. The van der Waals surface area contributed by atoms with E-state index in [1.165, 1.54) is 4.90 Å². The third-order valence-electron chi connectivity index (χ3n) is 1.31. The Morgan fingerprint density at radius 2 is 1.67 bits per heavy atom. The summed E-state index contributed by atoms with van der Waals surface area (Å²) in [5.41, 5.74) is 0. The first-order valence-electron chi connectivity index (χ1n) is 5.66. The average Bonchev–Trinajstić information content (AvgIpc) is 2.71. The molecule has 0 aromatic carbocycles. The maximum absolute atomic E-state index is 12.2. The molecule has 1 amide bonds. The van der Waals surface area contributed by atoms with Crippen LogP contribution in [0.3, 0.4) is 0 Å². The smallest absolute Gasteiger partial charge is 0.209 e. The van der Waals surface area contributed by atoms with Crippen LogP contribution in [0.4, 0.5) is 4.39 Å². The van der Waals surface area contributed by atoms with Crippen molar-refractivity contribution in [3.8, 4) is 0 Å². The molecule has 4 heteroatoms. The molecule has 1 atom stereocenters. The van der Waals surface area contributed by atoms with Gasteiger partial charge in [-0.25, -0.2) is 4.39 Å². The van der Waals surface area contributed by atoms with Crippen LogP contribution in [-0.2, 0) is 4.79 Å². The zero-order chi connectivity index (χ0) is 12.7. The maximum atomic E-state index is 12.2. The van der Waals surface area contributed by atoms with E-state index in [0.717, 1.165) is 0 Å². The number of alkyl halides is 1. The van der Waals surface area contributed by atoms with Crippen LogP contribution < -0.4 is 5.32 Å². The summed E-state index contributed by atoms with van der Waals surface area (Å²) < 4.78 is 12.2. The molecule has 1 heterocycles. The van der Waals surface area contributed by atoms with Gasteiger partial charge >= 0.3 is 0 Å². The van der Waals surface area contributed by atoms with E-state index >= 15 is 0 Å². The zero-order valence-corrected chi connectivity index (χ0v) is 11.0. The molecule has 0 aromatic heterocycles. The predicted molar refractivity (Wildman–Crippen MR) is 64.8 cm³/mol. The van der Waals surface area contributed by atoms with Gasteiger partial charge in [-0.2, -0.15) is 0 Å². The lowest BCUT2D eigenvalue weighted by Gasteiger charge is -2.03. The summed E-state index contributed by atoms with van der Waals surface area (Å²) in [6.45, 7) is 8.88. The van der Waals surface area contributed by atoms with E-state index in [0.29, 0.717) is 25.9 Å². The topological polar surface area (TPSA) is 32.3 Å². The first-order valence-corrected chi connectivity index (χ1v) is 5.66. The Morgan fingerprint density at radius 1 is 1.27 bits per heavy atom. The fourth-order valence-electron chi connectivity index (χ4n) is 0.839. The first kappa shape index (κ1) is 19.9. The Labute approximate surface area is 94.0 Å². The molecule has 1 rings (SSSR count). The molecule has 1 unspecified atom stereocenters. The lowest BCUT2D eigenvalue weighted by atomic mass is 10.4. The van der Waals surface area contributed by atoms with Gasteiger partial charge in [0, 0.05) is 6.54 Å². The number of halogens is 1. The lowest BCUT2D eigenvalue weighted by molar-refractivity contribution is -0.117. The highest BCUT2D eigenvalue weighted by molar-refractivity contribution is 5.47. The summed E-state index contributed by atoms with van der Waals surface area (Å²) in [6, 6.07) is 0. The molecule has 0 aromatic rings. The molecule has 0 aliphatic carbocycles. The summed E-state index contributed by atoms with van der Waals surface area (Å²) in [5.74, 6) is 0. The van der Waals surface area contributed by atoms with Gasteiger partial charge in [0.15, 0.2) is 0 Å². The Morgan fingerprint density at radius 3 is 1.80 bits per heavy atom. The SMILES string of the molecule is CC.CC.CNC.O=CN1CCC(F)C1. The van der Waals surface area contributed by atoms with Gasteiger partial charge in [0.25, 0.3) is 0 Å². The van der Waals surface area contributed by atoms with Crippen molar-refractivity contribution >= 4 is 6.41 Å². The number of rotatable bonds is 1. The van der Waals surface area contributed by atoms with E-state index in [1.54, 1.807) is 0 Å². The normalized spacial score (nSPS) is 17.3. The number of amides is 1. The summed E-state index contributed by atoms with van der Waals surface area (Å²) in [4.78, 5) is 11.4. The first-order chi connectivity index (χ1) is 7.24. The van der Waals surface area contributed by atoms with Crippen LogP contribution in [-0.4, -0.2) is 44.7 Å². The fraction of sp³-hybridized carbons (Fsp3) is 0.909. The second kappa shape index (κ2) is 19.0. The van der Waals surface area contributed by atoms with E-state index in [9.17, 15) is 9.18 Å². The highest BCUT2D eigenvalue weighted by Crippen LogP contribution is 2.08. The number of nitrogens with zero attached hydrogens (tertiary/aromatic N) is 1. The summed E-state index contributed by atoms with van der Waals surface area (Å²) >= 11 is 0. The van der Waals surface area contributed by atoms with Crippen LogP contribution >= 0.6 is 0 Å². The molecule has 1 aliphatic rings. The monoisotopic (exact) mass is 222 g/mol. The number of carbonyl (C=O) groups excluding carboxylic acids is 1. The second-order valence-electron chi connectivity index (χ2n) is 2.49. The molecule has 0 saturated carbocycles. The fourth-order valence-corrected chi connectivity index (χ4v) is 0.839. The van der Waals surface area contributed by atoms with Gasteiger partial charge < -0.3 is 10.2 Å². The standard InChI is InChI=1S/C5H8FNO.C2H7N.2C2H6/c6-5-1-2-7(3-5)4-8;1-3-2;2*1-2/h4-5H,1-3H2;3H,1-2H3;2*1-2H3. The van der Waals surface area contributed by atoms with Crippen molar-refractivity contribution in [1.29, 1.82) is 0 Å². The highest BCUT2D eigenvalue weighted by atomic mass is 19.1. The Hall–Kier alpha value is -0.640. The molecule has 1 saturated heterocycles. The molecular formula is C11H27FN2O. The molecule has 0 bridgehead atoms. The largest absolute Gasteiger partial charge is 0.342 e. The summed E-state index contributed by atoms with van der Waals surface area (Å²) in [7, 11) is 3.75. The molecule has 0 radical (unpaired) electrons. The van der Waals surface area contributed by atoms with Crippen molar-refractivity contribution in [3.05, 3.63) is 0 Å². The van der Waals surface area contributed by atoms with Gasteiger partial charge in [-0.15, -0.1) is 0 Å². The van der Waals surface area contributed by atoms with Gasteiger partial charge in [-0.1, -0.05) is 27.7 Å². The van der Waals surface area contributed by atoms with Gasteiger partial charge in [0.1, 0.15) is 6.17 Å². The third-order valence-corrected chi connectivity index (χ3v) is 1.31. The van der Waals surface area contributed by atoms with Gasteiger partial charge in [0.05, 0.1) is 6.54 Å². The molecule has 1 N–H and O–H groups in total. The van der Waals surface area contributed by atoms with E-state index in [1.807, 2.05) is 41.8 Å². The summed E-state index contributed by atoms with van der Waals surface area (Å²) in [5, 5.41) is 2.75. The molecule has 0 spiro atoms. The molecule has 1 aliphatic heterocycles. The predicted octanol–water partition coefficient (Wildman–Crippen LogP) is 2.07. The average molecular weight is 222 g/mol. The number of hydrogen-bond donors (Lipinski definition) is 1. The molecule has 1 fully saturated rings. The van der Waals surface area contributed by atoms with Gasteiger partial charge in [-0.05, 0) is 20.5 Å². The minimum atomic E-state index is -0.778. The van der Waals surface area contributed by atoms with Crippen molar-refractivity contribution in [3.63, 3.8) is 0 Å². The van der Waals surface area contributed by atoms with Crippen LogP contribution in [0.5, 0.6) is 0 Å². The van der Waals surface area contributed by atoms with Gasteiger partial charge in [-0.3, -0.25) is 4.79 Å². The minimum absolute atomic E-state index is 0.295. The Bertz CT molecular complexity index is 113. The van der Waals surface area contributed by atoms with Crippen LogP contribution in [0, 0.1) is 0 Å². The number of hydrogen-bond acceptors (Lipinski definition) is 2. The number of likely N-dealkylation sites (tertiary alicyclic amines) is 1. The van der Waals surface area contributed by atoms with Crippen molar-refractivity contribution in [2.75, 3.05) is 27.2 Å². The third kappa shape index (κ3) is 16.1. The molecule has 15 heavy (non-hydrogen) atoms. The quantitative estimate of drug-likeness (QED) is 0.689. The lowest BCUT2D eigenvalue weighted by Crippen LogP contribution is -2.18. The van der Waals surface area contributed by atoms with E-state index in [4.69, 9.17) is 0 Å². The van der Waals surface area contributed by atoms with Crippen LogP contribution in [0.15, 0.2) is 0 Å². The summed E-state index contributed by atoms with van der Waals surface area (Å²) in [6.07, 6.45) is 0.429. The van der Waals surface area contributed by atoms with Gasteiger partial charge in [0.2, 0.25) is 6.41 Å². The Kier molecular flexibility index (Phi) is 25.2. The maximum Gasteiger partial charge on any atom is 0.209 e. The number of carbonyl (C=O) groups is 1. The minimum Gasteiger partial charge on any atom is -0.342 e. The zero-order valence-electron chi connectivity index (χ0n) is 11.0. The van der Waals surface area contributed by atoms with Crippen molar-refractivity contribution in [2.24, 2.45) is 0 Å². The number of nitrogens with one attached hydrogen (secondary N) is 1. The second-order valence-corrected chi connectivity index (χ2v) is 2.49. The molecular weight excluding hydrogens is 195 g/mol. The van der Waals surface area contributed by atoms with Crippen molar-refractivity contribution in [1.82, 2.24) is 10.2 Å². The van der Waals surface area contributed by atoms with Crippen LogP contribution in [0.2, 0.25) is 0 Å².